The van der Waals surface area contributed by atoms with E-state index in [1.807, 2.05) is 6.92 Å². The minimum absolute atomic E-state index is 0.101. The highest BCUT2D eigenvalue weighted by Gasteiger charge is 2.24. The van der Waals surface area contributed by atoms with Crippen LogP contribution in [0.1, 0.15) is 23.8 Å². The molecule has 2 unspecified atom stereocenters. The van der Waals surface area contributed by atoms with Crippen LogP contribution in [-0.2, 0) is 4.74 Å². The topological polar surface area (TPSA) is 77.2 Å². The molecule has 0 aliphatic carbocycles. The van der Waals surface area contributed by atoms with Crippen molar-refractivity contribution in [3.63, 3.8) is 0 Å². The number of nitrogens with zero attached hydrogens (tertiary/aromatic N) is 1. The lowest BCUT2D eigenvalue weighted by Crippen LogP contribution is -2.38. The quantitative estimate of drug-likeness (QED) is 0.813. The Morgan fingerprint density at radius 2 is 2.47 bits per heavy atom. The highest BCUT2D eigenvalue weighted by atomic mass is 16.5. The van der Waals surface area contributed by atoms with E-state index in [0.717, 1.165) is 19.6 Å². The molecule has 2 atom stereocenters. The van der Waals surface area contributed by atoms with Crippen molar-refractivity contribution in [2.45, 2.75) is 19.4 Å². The zero-order valence-electron chi connectivity index (χ0n) is 9.85. The maximum absolute atomic E-state index is 11.9. The second-order valence-electron chi connectivity index (χ2n) is 4.36. The summed E-state index contributed by atoms with van der Waals surface area (Å²) in [5.74, 6) is 0.233. The van der Waals surface area contributed by atoms with E-state index in [-0.39, 0.29) is 11.9 Å². The summed E-state index contributed by atoms with van der Waals surface area (Å²) in [5.41, 5.74) is 6.46. The lowest BCUT2D eigenvalue weighted by Gasteiger charge is -2.18. The number of nitrogen functional groups attached to an aromatic ring is 1. The van der Waals surface area contributed by atoms with Crippen LogP contribution in [0.25, 0.3) is 0 Å². The SMILES string of the molecule is CC(NC(=O)c1ccc(N)cn1)C1CCOC1. The Hall–Kier alpha value is -1.62. The average Bonchev–Trinajstić information content (AvgIpc) is 2.83. The molecule has 1 amide bonds. The van der Waals surface area contributed by atoms with Crippen LogP contribution in [-0.4, -0.2) is 30.1 Å². The second kappa shape index (κ2) is 5.14. The summed E-state index contributed by atoms with van der Waals surface area (Å²) in [6.45, 7) is 3.50. The molecule has 0 aromatic carbocycles. The summed E-state index contributed by atoms with van der Waals surface area (Å²) in [6.07, 6.45) is 2.48. The molecular weight excluding hydrogens is 218 g/mol. The van der Waals surface area contributed by atoms with Gasteiger partial charge in [0.2, 0.25) is 0 Å². The number of hydrogen-bond donors (Lipinski definition) is 2. The number of ether oxygens (including phenoxy) is 1. The number of nitrogens with one attached hydrogen (secondary N) is 1. The summed E-state index contributed by atoms with van der Waals surface area (Å²) < 4.78 is 5.30. The van der Waals surface area contributed by atoms with Crippen molar-refractivity contribution in [1.29, 1.82) is 0 Å². The van der Waals surface area contributed by atoms with Crippen molar-refractivity contribution in [3.8, 4) is 0 Å². The van der Waals surface area contributed by atoms with E-state index >= 15 is 0 Å². The number of anilines is 1. The van der Waals surface area contributed by atoms with E-state index in [4.69, 9.17) is 10.5 Å². The van der Waals surface area contributed by atoms with Gasteiger partial charge in [-0.2, -0.15) is 0 Å². The number of pyridine rings is 1. The minimum atomic E-state index is -0.163. The Kier molecular flexibility index (Phi) is 3.58. The van der Waals surface area contributed by atoms with Gasteiger partial charge in [0.1, 0.15) is 5.69 Å². The maximum atomic E-state index is 11.9. The van der Waals surface area contributed by atoms with E-state index < -0.39 is 0 Å². The van der Waals surface area contributed by atoms with E-state index in [0.29, 0.717) is 17.3 Å². The van der Waals surface area contributed by atoms with Crippen molar-refractivity contribution in [3.05, 3.63) is 24.0 Å². The van der Waals surface area contributed by atoms with Gasteiger partial charge in [0, 0.05) is 18.6 Å². The lowest BCUT2D eigenvalue weighted by atomic mass is 10.0. The normalized spacial score (nSPS) is 21.1. The van der Waals surface area contributed by atoms with Gasteiger partial charge < -0.3 is 15.8 Å². The molecule has 2 rings (SSSR count). The molecule has 2 heterocycles. The third kappa shape index (κ3) is 2.94. The molecule has 5 heteroatoms. The van der Waals surface area contributed by atoms with E-state index in [9.17, 15) is 4.79 Å². The third-order valence-corrected chi connectivity index (χ3v) is 3.05. The van der Waals surface area contributed by atoms with Crippen LogP contribution in [0.3, 0.4) is 0 Å². The molecule has 1 aliphatic heterocycles. The molecule has 0 bridgehead atoms. The Balaban J connectivity index is 1.94. The second-order valence-corrected chi connectivity index (χ2v) is 4.36. The van der Waals surface area contributed by atoms with Gasteiger partial charge in [-0.05, 0) is 25.5 Å². The minimum Gasteiger partial charge on any atom is -0.397 e. The van der Waals surface area contributed by atoms with Gasteiger partial charge in [0.25, 0.3) is 5.91 Å². The summed E-state index contributed by atoms with van der Waals surface area (Å²) in [7, 11) is 0. The summed E-state index contributed by atoms with van der Waals surface area (Å²) >= 11 is 0. The van der Waals surface area contributed by atoms with Crippen molar-refractivity contribution in [2.24, 2.45) is 5.92 Å². The number of amides is 1. The highest BCUT2D eigenvalue weighted by molar-refractivity contribution is 5.92. The van der Waals surface area contributed by atoms with Crippen LogP contribution in [0.4, 0.5) is 5.69 Å². The Bertz CT molecular complexity index is 385. The first-order chi connectivity index (χ1) is 8.16. The summed E-state index contributed by atoms with van der Waals surface area (Å²) in [5, 5.41) is 2.94. The van der Waals surface area contributed by atoms with E-state index in [2.05, 4.69) is 10.3 Å². The molecule has 0 spiro atoms. The predicted octanol–water partition coefficient (Wildman–Crippen LogP) is 0.819. The van der Waals surface area contributed by atoms with Gasteiger partial charge in [-0.15, -0.1) is 0 Å². The van der Waals surface area contributed by atoms with Crippen molar-refractivity contribution < 1.29 is 9.53 Å². The van der Waals surface area contributed by atoms with E-state index in [1.165, 1.54) is 6.20 Å². The molecule has 1 aromatic heterocycles. The molecule has 1 fully saturated rings. The predicted molar refractivity (Wildman–Crippen MR) is 64.5 cm³/mol. The van der Waals surface area contributed by atoms with Crippen LogP contribution in [0, 0.1) is 5.92 Å². The van der Waals surface area contributed by atoms with Gasteiger partial charge in [-0.1, -0.05) is 0 Å². The number of carbonyl (C=O) groups excluding carboxylic acids is 1. The van der Waals surface area contributed by atoms with Gasteiger partial charge in [-0.25, -0.2) is 4.98 Å². The summed E-state index contributed by atoms with van der Waals surface area (Å²) in [4.78, 5) is 15.9. The lowest BCUT2D eigenvalue weighted by molar-refractivity contribution is 0.0917. The first-order valence-corrected chi connectivity index (χ1v) is 5.77. The molecule has 0 radical (unpaired) electrons. The smallest absolute Gasteiger partial charge is 0.270 e. The number of aromatic nitrogens is 1. The molecule has 92 valence electrons. The van der Waals surface area contributed by atoms with Crippen molar-refractivity contribution in [2.75, 3.05) is 18.9 Å². The Labute approximate surface area is 100 Å². The van der Waals surface area contributed by atoms with Gasteiger partial charge in [-0.3, -0.25) is 4.79 Å². The van der Waals surface area contributed by atoms with Crippen LogP contribution in [0.5, 0.6) is 0 Å². The molecule has 1 aliphatic rings. The number of hydrogen-bond acceptors (Lipinski definition) is 4. The zero-order valence-corrected chi connectivity index (χ0v) is 9.85. The fourth-order valence-electron chi connectivity index (χ4n) is 1.89. The first kappa shape index (κ1) is 11.9. The standard InChI is InChI=1S/C12H17N3O2/c1-8(9-4-5-17-7-9)15-12(16)11-3-2-10(13)6-14-11/h2-3,6,8-9H,4-5,7,13H2,1H3,(H,15,16). The monoisotopic (exact) mass is 235 g/mol. The van der Waals surface area contributed by atoms with Crippen LogP contribution in [0.2, 0.25) is 0 Å². The molecular formula is C12H17N3O2. The van der Waals surface area contributed by atoms with Crippen LogP contribution < -0.4 is 11.1 Å². The van der Waals surface area contributed by atoms with Crippen molar-refractivity contribution >= 4 is 11.6 Å². The molecule has 17 heavy (non-hydrogen) atoms. The van der Waals surface area contributed by atoms with Gasteiger partial charge >= 0.3 is 0 Å². The molecule has 0 saturated carbocycles. The molecule has 1 aromatic rings. The number of nitrogens with two attached hydrogens (primary N) is 1. The fraction of sp³-hybridized carbons (Fsp3) is 0.500. The largest absolute Gasteiger partial charge is 0.397 e. The Morgan fingerprint density at radius 1 is 1.65 bits per heavy atom. The van der Waals surface area contributed by atoms with Gasteiger partial charge in [0.15, 0.2) is 0 Å². The van der Waals surface area contributed by atoms with Gasteiger partial charge in [0.05, 0.1) is 18.5 Å². The Morgan fingerprint density at radius 3 is 3.06 bits per heavy atom. The number of rotatable bonds is 3. The highest BCUT2D eigenvalue weighted by Crippen LogP contribution is 2.16. The van der Waals surface area contributed by atoms with E-state index in [1.54, 1.807) is 12.1 Å². The number of carbonyl (C=O) groups is 1. The molecule has 1 saturated heterocycles. The fourth-order valence-corrected chi connectivity index (χ4v) is 1.89. The first-order valence-electron chi connectivity index (χ1n) is 5.77. The maximum Gasteiger partial charge on any atom is 0.270 e. The zero-order chi connectivity index (χ0) is 12.3. The third-order valence-electron chi connectivity index (χ3n) is 3.05. The van der Waals surface area contributed by atoms with Crippen LogP contribution in [0.15, 0.2) is 18.3 Å². The molecule has 3 N–H and O–H groups in total. The summed E-state index contributed by atoms with van der Waals surface area (Å²) in [6, 6.07) is 3.40. The average molecular weight is 235 g/mol. The van der Waals surface area contributed by atoms with Crippen LogP contribution >= 0.6 is 0 Å². The molecule has 5 nitrogen and oxygen atoms in total. The van der Waals surface area contributed by atoms with Crippen molar-refractivity contribution in [1.82, 2.24) is 10.3 Å².